The van der Waals surface area contributed by atoms with Crippen LogP contribution < -0.4 is 10.1 Å². The molecule has 0 saturated carbocycles. The molecule has 0 saturated heterocycles. The maximum atomic E-state index is 5.91. The van der Waals surface area contributed by atoms with Gasteiger partial charge in [0.05, 0.1) is 6.20 Å². The van der Waals surface area contributed by atoms with Gasteiger partial charge in [-0.15, -0.1) is 0 Å². The van der Waals surface area contributed by atoms with E-state index in [1.807, 2.05) is 30.3 Å². The summed E-state index contributed by atoms with van der Waals surface area (Å²) in [5.41, 5.74) is 0.908. The largest absolute Gasteiger partial charge is 0.454 e. The zero-order valence-electron chi connectivity index (χ0n) is 13.0. The van der Waals surface area contributed by atoms with Gasteiger partial charge in [0.1, 0.15) is 17.3 Å². The van der Waals surface area contributed by atoms with Gasteiger partial charge in [0, 0.05) is 12.5 Å². The first-order chi connectivity index (χ1) is 10.2. The van der Waals surface area contributed by atoms with Crippen LogP contribution in [0.4, 0.5) is 0 Å². The highest BCUT2D eigenvalue weighted by atomic mass is 16.5. The van der Waals surface area contributed by atoms with Crippen molar-refractivity contribution in [1.82, 2.24) is 15.3 Å². The molecular weight excluding hydrogens is 262 g/mol. The highest BCUT2D eigenvalue weighted by molar-refractivity contribution is 5.32. The first-order valence-corrected chi connectivity index (χ1v) is 7.50. The molecule has 2 rings (SSSR count). The standard InChI is InChI=1S/C17H23N3O/c1-4-10-18-11-15-16(12-19-17(20-15)13(2)3)21-14-8-6-5-7-9-14/h5-9,12-13,18H,4,10-11H2,1-3H3. The van der Waals surface area contributed by atoms with E-state index in [2.05, 4.69) is 36.1 Å². The summed E-state index contributed by atoms with van der Waals surface area (Å²) in [6.45, 7) is 7.99. The minimum absolute atomic E-state index is 0.306. The molecule has 0 spiro atoms. The zero-order valence-corrected chi connectivity index (χ0v) is 13.0. The summed E-state index contributed by atoms with van der Waals surface area (Å²) in [5, 5.41) is 3.37. The van der Waals surface area contributed by atoms with E-state index in [1.165, 1.54) is 0 Å². The van der Waals surface area contributed by atoms with E-state index >= 15 is 0 Å². The normalized spacial score (nSPS) is 10.9. The topological polar surface area (TPSA) is 47.0 Å². The zero-order chi connectivity index (χ0) is 15.1. The Kier molecular flexibility index (Phi) is 5.69. The third-order valence-electron chi connectivity index (χ3n) is 3.05. The Morgan fingerprint density at radius 2 is 1.95 bits per heavy atom. The molecule has 4 nitrogen and oxygen atoms in total. The lowest BCUT2D eigenvalue weighted by molar-refractivity contribution is 0.462. The molecule has 0 aliphatic carbocycles. The molecule has 0 radical (unpaired) electrons. The molecule has 1 heterocycles. The minimum Gasteiger partial charge on any atom is -0.454 e. The van der Waals surface area contributed by atoms with Crippen molar-refractivity contribution >= 4 is 0 Å². The van der Waals surface area contributed by atoms with Gasteiger partial charge in [0.2, 0.25) is 0 Å². The number of hydrogen-bond acceptors (Lipinski definition) is 4. The van der Waals surface area contributed by atoms with E-state index in [0.29, 0.717) is 18.2 Å². The molecule has 0 unspecified atom stereocenters. The Labute approximate surface area is 126 Å². The lowest BCUT2D eigenvalue weighted by Crippen LogP contribution is -2.16. The Balaban J connectivity index is 2.21. The molecule has 0 atom stereocenters. The Bertz CT molecular complexity index is 555. The fourth-order valence-electron chi connectivity index (χ4n) is 1.91. The van der Waals surface area contributed by atoms with Gasteiger partial charge >= 0.3 is 0 Å². The Morgan fingerprint density at radius 1 is 1.19 bits per heavy atom. The highest BCUT2D eigenvalue weighted by Crippen LogP contribution is 2.24. The number of ether oxygens (including phenoxy) is 1. The molecule has 1 N–H and O–H groups in total. The van der Waals surface area contributed by atoms with Crippen LogP contribution in [0.15, 0.2) is 36.5 Å². The molecule has 112 valence electrons. The molecule has 0 aliphatic rings. The molecule has 1 aromatic heterocycles. The smallest absolute Gasteiger partial charge is 0.168 e. The lowest BCUT2D eigenvalue weighted by atomic mass is 10.2. The fraction of sp³-hybridized carbons (Fsp3) is 0.412. The van der Waals surface area contributed by atoms with Crippen molar-refractivity contribution in [2.24, 2.45) is 0 Å². The first-order valence-electron chi connectivity index (χ1n) is 7.50. The van der Waals surface area contributed by atoms with Gasteiger partial charge in [0.25, 0.3) is 0 Å². The highest BCUT2D eigenvalue weighted by Gasteiger charge is 2.11. The van der Waals surface area contributed by atoms with Crippen LogP contribution in [0.1, 0.15) is 44.6 Å². The Hall–Kier alpha value is -1.94. The van der Waals surface area contributed by atoms with Crippen LogP contribution in [-0.2, 0) is 6.54 Å². The number of nitrogens with one attached hydrogen (secondary N) is 1. The SMILES string of the molecule is CCCNCc1nc(C(C)C)ncc1Oc1ccccc1. The summed E-state index contributed by atoms with van der Waals surface area (Å²) < 4.78 is 5.91. The van der Waals surface area contributed by atoms with Crippen molar-refractivity contribution in [3.05, 3.63) is 48.0 Å². The second-order valence-corrected chi connectivity index (χ2v) is 5.29. The van der Waals surface area contributed by atoms with Crippen LogP contribution in [0, 0.1) is 0 Å². The third-order valence-corrected chi connectivity index (χ3v) is 3.05. The van der Waals surface area contributed by atoms with Crippen LogP contribution in [0.3, 0.4) is 0 Å². The van der Waals surface area contributed by atoms with Crippen molar-refractivity contribution in [2.45, 2.75) is 39.7 Å². The maximum Gasteiger partial charge on any atom is 0.168 e. The number of nitrogens with zero attached hydrogens (tertiary/aromatic N) is 2. The van der Waals surface area contributed by atoms with Crippen LogP contribution in [0.25, 0.3) is 0 Å². The Morgan fingerprint density at radius 3 is 2.62 bits per heavy atom. The quantitative estimate of drug-likeness (QED) is 0.784. The summed E-state index contributed by atoms with van der Waals surface area (Å²) in [4.78, 5) is 9.04. The summed E-state index contributed by atoms with van der Waals surface area (Å²) in [6, 6.07) is 9.73. The van der Waals surface area contributed by atoms with E-state index in [-0.39, 0.29) is 0 Å². The molecule has 4 heteroatoms. The first kappa shape index (κ1) is 15.4. The van der Waals surface area contributed by atoms with E-state index in [9.17, 15) is 0 Å². The average Bonchev–Trinajstić information content (AvgIpc) is 2.50. The van der Waals surface area contributed by atoms with Gasteiger partial charge in [-0.25, -0.2) is 9.97 Å². The van der Waals surface area contributed by atoms with E-state index in [0.717, 1.165) is 30.2 Å². The number of aromatic nitrogens is 2. The number of para-hydroxylation sites is 1. The van der Waals surface area contributed by atoms with Crippen LogP contribution in [0.2, 0.25) is 0 Å². The monoisotopic (exact) mass is 285 g/mol. The molecule has 0 fully saturated rings. The van der Waals surface area contributed by atoms with Gasteiger partial charge in [-0.2, -0.15) is 0 Å². The summed E-state index contributed by atoms with van der Waals surface area (Å²) in [5.74, 6) is 2.67. The van der Waals surface area contributed by atoms with Crippen molar-refractivity contribution in [3.63, 3.8) is 0 Å². The second kappa shape index (κ2) is 7.74. The molecule has 2 aromatic rings. The van der Waals surface area contributed by atoms with Crippen molar-refractivity contribution in [3.8, 4) is 11.5 Å². The number of rotatable bonds is 7. The predicted molar refractivity (Wildman–Crippen MR) is 84.6 cm³/mol. The van der Waals surface area contributed by atoms with Gasteiger partial charge in [-0.3, -0.25) is 0 Å². The van der Waals surface area contributed by atoms with E-state index in [1.54, 1.807) is 6.20 Å². The average molecular weight is 285 g/mol. The molecule has 0 aliphatic heterocycles. The number of benzene rings is 1. The van der Waals surface area contributed by atoms with Gasteiger partial charge < -0.3 is 10.1 Å². The van der Waals surface area contributed by atoms with Gasteiger partial charge in [-0.05, 0) is 25.1 Å². The van der Waals surface area contributed by atoms with Crippen molar-refractivity contribution in [1.29, 1.82) is 0 Å². The number of hydrogen-bond donors (Lipinski definition) is 1. The fourth-order valence-corrected chi connectivity index (χ4v) is 1.91. The van der Waals surface area contributed by atoms with Crippen LogP contribution in [0.5, 0.6) is 11.5 Å². The van der Waals surface area contributed by atoms with Crippen LogP contribution in [-0.4, -0.2) is 16.5 Å². The van der Waals surface area contributed by atoms with E-state index in [4.69, 9.17) is 4.74 Å². The minimum atomic E-state index is 0.306. The predicted octanol–water partition coefficient (Wildman–Crippen LogP) is 3.89. The van der Waals surface area contributed by atoms with Crippen LogP contribution >= 0.6 is 0 Å². The summed E-state index contributed by atoms with van der Waals surface area (Å²) in [7, 11) is 0. The van der Waals surface area contributed by atoms with Gasteiger partial charge in [-0.1, -0.05) is 39.0 Å². The molecule has 21 heavy (non-hydrogen) atoms. The van der Waals surface area contributed by atoms with Gasteiger partial charge in [0.15, 0.2) is 5.75 Å². The summed E-state index contributed by atoms with van der Waals surface area (Å²) in [6.07, 6.45) is 2.87. The van der Waals surface area contributed by atoms with Crippen molar-refractivity contribution in [2.75, 3.05) is 6.54 Å². The lowest BCUT2D eigenvalue weighted by Gasteiger charge is -2.13. The molecule has 0 amide bonds. The maximum absolute atomic E-state index is 5.91. The molecular formula is C17H23N3O. The summed E-state index contributed by atoms with van der Waals surface area (Å²) >= 11 is 0. The molecule has 1 aromatic carbocycles. The third kappa shape index (κ3) is 4.53. The van der Waals surface area contributed by atoms with E-state index < -0.39 is 0 Å². The molecule has 0 bridgehead atoms. The van der Waals surface area contributed by atoms with Crippen molar-refractivity contribution < 1.29 is 4.74 Å². The second-order valence-electron chi connectivity index (χ2n) is 5.29.